The first kappa shape index (κ1) is 12.7. The second kappa shape index (κ2) is 5.29. The number of rotatable bonds is 3. The Morgan fingerprint density at radius 2 is 2.22 bits per heavy atom. The Morgan fingerprint density at radius 3 is 2.89 bits per heavy atom. The summed E-state index contributed by atoms with van der Waals surface area (Å²) in [5.41, 5.74) is 0.940. The Kier molecular flexibility index (Phi) is 3.74. The van der Waals surface area contributed by atoms with Crippen molar-refractivity contribution in [3.05, 3.63) is 45.3 Å². The van der Waals surface area contributed by atoms with Crippen LogP contribution in [0, 0.1) is 12.3 Å². The molecule has 0 aliphatic carbocycles. The van der Waals surface area contributed by atoms with Crippen molar-refractivity contribution in [2.24, 2.45) is 0 Å². The van der Waals surface area contributed by atoms with Gasteiger partial charge in [0, 0.05) is 18.7 Å². The first-order chi connectivity index (χ1) is 8.69. The van der Waals surface area contributed by atoms with Crippen molar-refractivity contribution in [2.75, 3.05) is 0 Å². The molecule has 0 unspecified atom stereocenters. The predicted molar refractivity (Wildman–Crippen MR) is 76.0 cm³/mol. The Hall–Kier alpha value is -1.72. The smallest absolute Gasteiger partial charge is 0.260 e. The van der Waals surface area contributed by atoms with Crippen LogP contribution >= 0.6 is 11.6 Å². The molecule has 0 bridgehead atoms. The van der Waals surface area contributed by atoms with Crippen molar-refractivity contribution in [1.82, 2.24) is 4.57 Å². The lowest BCUT2D eigenvalue weighted by Crippen LogP contribution is -2.23. The SMILES string of the molecule is C#CCCn1c(CC)cc2cccc(Cl)c2c1=O. The average molecular weight is 260 g/mol. The molecule has 0 saturated carbocycles. The van der Waals surface area contributed by atoms with Crippen molar-refractivity contribution in [2.45, 2.75) is 26.3 Å². The topological polar surface area (TPSA) is 22.0 Å². The van der Waals surface area contributed by atoms with Crippen LogP contribution in [0.25, 0.3) is 10.8 Å². The molecule has 0 atom stereocenters. The minimum Gasteiger partial charge on any atom is -0.311 e. The van der Waals surface area contributed by atoms with E-state index in [9.17, 15) is 4.79 Å². The molecule has 2 rings (SSSR count). The molecule has 1 aromatic heterocycles. The summed E-state index contributed by atoms with van der Waals surface area (Å²) in [6.45, 7) is 2.57. The third-order valence-electron chi connectivity index (χ3n) is 3.02. The van der Waals surface area contributed by atoms with E-state index in [1.807, 2.05) is 25.1 Å². The number of aromatic nitrogens is 1. The van der Waals surface area contributed by atoms with Gasteiger partial charge in [0.1, 0.15) is 0 Å². The van der Waals surface area contributed by atoms with Crippen LogP contribution in [0.15, 0.2) is 29.1 Å². The van der Waals surface area contributed by atoms with Crippen LogP contribution in [0.5, 0.6) is 0 Å². The van der Waals surface area contributed by atoms with Gasteiger partial charge in [-0.15, -0.1) is 12.3 Å². The molecular formula is C15H14ClNO. The first-order valence-corrected chi connectivity index (χ1v) is 6.31. The molecule has 3 heteroatoms. The molecule has 0 N–H and O–H groups in total. The highest BCUT2D eigenvalue weighted by Crippen LogP contribution is 2.21. The Morgan fingerprint density at radius 1 is 1.44 bits per heavy atom. The molecule has 0 spiro atoms. The van der Waals surface area contributed by atoms with Crippen molar-refractivity contribution in [3.8, 4) is 12.3 Å². The molecule has 0 amide bonds. The van der Waals surface area contributed by atoms with Gasteiger partial charge in [-0.1, -0.05) is 30.7 Å². The van der Waals surface area contributed by atoms with E-state index < -0.39 is 0 Å². The molecule has 1 heterocycles. The molecule has 0 aliphatic rings. The maximum Gasteiger partial charge on any atom is 0.260 e. The summed E-state index contributed by atoms with van der Waals surface area (Å²) in [6.07, 6.45) is 6.61. The van der Waals surface area contributed by atoms with Crippen molar-refractivity contribution < 1.29 is 0 Å². The fraction of sp³-hybridized carbons (Fsp3) is 0.267. The van der Waals surface area contributed by atoms with Gasteiger partial charge in [0.15, 0.2) is 0 Å². The van der Waals surface area contributed by atoms with Gasteiger partial charge in [0.2, 0.25) is 0 Å². The highest BCUT2D eigenvalue weighted by atomic mass is 35.5. The summed E-state index contributed by atoms with van der Waals surface area (Å²) in [5.74, 6) is 2.56. The number of hydrogen-bond acceptors (Lipinski definition) is 1. The van der Waals surface area contributed by atoms with Gasteiger partial charge < -0.3 is 4.57 Å². The lowest BCUT2D eigenvalue weighted by molar-refractivity contribution is 0.657. The molecule has 0 saturated heterocycles. The second-order valence-corrected chi connectivity index (χ2v) is 4.51. The highest BCUT2D eigenvalue weighted by Gasteiger charge is 2.10. The van der Waals surface area contributed by atoms with E-state index >= 15 is 0 Å². The number of pyridine rings is 1. The van der Waals surface area contributed by atoms with Crippen LogP contribution in [0.3, 0.4) is 0 Å². The van der Waals surface area contributed by atoms with Gasteiger partial charge in [-0.25, -0.2) is 0 Å². The first-order valence-electron chi connectivity index (χ1n) is 5.93. The normalized spacial score (nSPS) is 10.5. The van der Waals surface area contributed by atoms with E-state index in [-0.39, 0.29) is 5.56 Å². The van der Waals surface area contributed by atoms with E-state index in [1.54, 1.807) is 10.6 Å². The molecule has 1 aromatic carbocycles. The molecule has 18 heavy (non-hydrogen) atoms. The maximum absolute atomic E-state index is 12.4. The Labute approximate surface area is 111 Å². The molecule has 0 radical (unpaired) electrons. The van der Waals surface area contributed by atoms with Crippen LogP contribution < -0.4 is 5.56 Å². The Balaban J connectivity index is 2.76. The second-order valence-electron chi connectivity index (χ2n) is 4.10. The van der Waals surface area contributed by atoms with Gasteiger partial charge in [-0.3, -0.25) is 4.79 Å². The van der Waals surface area contributed by atoms with Crippen LogP contribution in [-0.4, -0.2) is 4.57 Å². The minimum atomic E-state index is -0.0507. The monoisotopic (exact) mass is 259 g/mol. The number of aryl methyl sites for hydroxylation is 1. The summed E-state index contributed by atoms with van der Waals surface area (Å²) in [7, 11) is 0. The third-order valence-corrected chi connectivity index (χ3v) is 3.33. The van der Waals surface area contributed by atoms with Crippen molar-refractivity contribution in [1.29, 1.82) is 0 Å². The highest BCUT2D eigenvalue weighted by molar-refractivity contribution is 6.35. The number of fused-ring (bicyclic) bond motifs is 1. The third kappa shape index (κ3) is 2.14. The lowest BCUT2D eigenvalue weighted by atomic mass is 10.1. The zero-order chi connectivity index (χ0) is 13.1. The quantitative estimate of drug-likeness (QED) is 0.776. The van der Waals surface area contributed by atoms with Crippen LogP contribution in [0.1, 0.15) is 19.0 Å². The number of nitrogens with zero attached hydrogens (tertiary/aromatic N) is 1. The average Bonchev–Trinajstić information content (AvgIpc) is 2.37. The molecule has 0 fully saturated rings. The van der Waals surface area contributed by atoms with Crippen molar-refractivity contribution >= 4 is 22.4 Å². The molecular weight excluding hydrogens is 246 g/mol. The van der Waals surface area contributed by atoms with Crippen LogP contribution in [-0.2, 0) is 13.0 Å². The summed E-state index contributed by atoms with van der Waals surface area (Å²) in [4.78, 5) is 12.4. The number of terminal acetylenes is 1. The van der Waals surface area contributed by atoms with E-state index in [4.69, 9.17) is 18.0 Å². The van der Waals surface area contributed by atoms with Crippen LogP contribution in [0.2, 0.25) is 5.02 Å². The molecule has 2 nitrogen and oxygen atoms in total. The van der Waals surface area contributed by atoms with E-state index in [2.05, 4.69) is 5.92 Å². The van der Waals surface area contributed by atoms with Crippen LogP contribution in [0.4, 0.5) is 0 Å². The zero-order valence-corrected chi connectivity index (χ0v) is 11.0. The maximum atomic E-state index is 12.4. The predicted octanol–water partition coefficient (Wildman–Crippen LogP) is 3.24. The zero-order valence-electron chi connectivity index (χ0n) is 10.2. The van der Waals surface area contributed by atoms with Crippen molar-refractivity contribution in [3.63, 3.8) is 0 Å². The summed E-state index contributed by atoms with van der Waals surface area (Å²) >= 11 is 6.11. The lowest BCUT2D eigenvalue weighted by Gasteiger charge is -2.12. The fourth-order valence-electron chi connectivity index (χ4n) is 2.12. The van der Waals surface area contributed by atoms with Gasteiger partial charge in [0.25, 0.3) is 5.56 Å². The standard InChI is InChI=1S/C15H14ClNO/c1-3-5-9-17-12(4-2)10-11-7-6-8-13(16)14(11)15(17)18/h1,6-8,10H,4-5,9H2,2H3. The van der Waals surface area contributed by atoms with E-state index in [0.29, 0.717) is 23.4 Å². The molecule has 0 aliphatic heterocycles. The number of benzene rings is 1. The Bertz CT molecular complexity index is 679. The molecule has 92 valence electrons. The fourth-order valence-corrected chi connectivity index (χ4v) is 2.39. The summed E-state index contributed by atoms with van der Waals surface area (Å²) in [5, 5.41) is 1.96. The van der Waals surface area contributed by atoms with Gasteiger partial charge in [-0.05, 0) is 23.9 Å². The largest absolute Gasteiger partial charge is 0.311 e. The number of hydrogen-bond donors (Lipinski definition) is 0. The van der Waals surface area contributed by atoms with E-state index in [1.165, 1.54) is 0 Å². The number of halogens is 1. The van der Waals surface area contributed by atoms with Gasteiger partial charge in [0.05, 0.1) is 10.4 Å². The minimum absolute atomic E-state index is 0.0507. The van der Waals surface area contributed by atoms with Gasteiger partial charge in [-0.2, -0.15) is 0 Å². The van der Waals surface area contributed by atoms with Gasteiger partial charge >= 0.3 is 0 Å². The summed E-state index contributed by atoms with van der Waals surface area (Å²) in [6, 6.07) is 7.52. The summed E-state index contributed by atoms with van der Waals surface area (Å²) < 4.78 is 1.73. The molecule has 2 aromatic rings. The van der Waals surface area contributed by atoms with E-state index in [0.717, 1.165) is 17.5 Å².